The molecule has 0 aliphatic heterocycles. The smallest absolute Gasteiger partial charge is 0.188 e. The van der Waals surface area contributed by atoms with Crippen LogP contribution in [-0.2, 0) is 4.74 Å². The first kappa shape index (κ1) is 11.4. The lowest BCUT2D eigenvalue weighted by Crippen LogP contribution is -2.00. The largest absolute Gasteiger partial charge is 0.467 e. The summed E-state index contributed by atoms with van der Waals surface area (Å²) >= 11 is 3.47. The molecule has 2 aromatic carbocycles. The number of rotatable bonds is 3. The van der Waals surface area contributed by atoms with E-state index in [0.29, 0.717) is 0 Å². The summed E-state index contributed by atoms with van der Waals surface area (Å²) in [6.07, 6.45) is 0. The molecule has 0 bridgehead atoms. The molecule has 84 valence electrons. The molecule has 0 aromatic heterocycles. The van der Waals surface area contributed by atoms with E-state index >= 15 is 0 Å². The van der Waals surface area contributed by atoms with E-state index in [1.54, 1.807) is 7.11 Å². The summed E-state index contributed by atoms with van der Waals surface area (Å²) in [7, 11) is 1.62. The first-order valence-electron chi connectivity index (χ1n) is 5.03. The van der Waals surface area contributed by atoms with Gasteiger partial charge in [0.25, 0.3) is 0 Å². The Labute approximate surface area is 103 Å². The van der Waals surface area contributed by atoms with Gasteiger partial charge in [0.05, 0.1) is 0 Å². The second-order valence-corrected chi connectivity index (χ2v) is 4.54. The van der Waals surface area contributed by atoms with Gasteiger partial charge in [-0.2, -0.15) is 0 Å². The van der Waals surface area contributed by atoms with Gasteiger partial charge in [0.1, 0.15) is 5.75 Å². The van der Waals surface area contributed by atoms with Crippen LogP contribution < -0.4 is 4.74 Å². The van der Waals surface area contributed by atoms with Crippen molar-refractivity contribution in [2.45, 2.75) is 6.92 Å². The van der Waals surface area contributed by atoms with Gasteiger partial charge in [-0.15, -0.1) is 0 Å². The minimum Gasteiger partial charge on any atom is -0.467 e. The third-order valence-corrected chi connectivity index (χ3v) is 2.95. The maximum atomic E-state index is 5.61. The molecule has 2 rings (SSSR count). The summed E-state index contributed by atoms with van der Waals surface area (Å²) in [5.74, 6) is 0.889. The second kappa shape index (κ2) is 4.85. The van der Waals surface area contributed by atoms with Gasteiger partial charge >= 0.3 is 0 Å². The molecule has 0 saturated carbocycles. The number of aryl methyl sites for hydroxylation is 1. The molecule has 0 N–H and O–H groups in total. The number of fused-ring (bicyclic) bond motifs is 1. The molecule has 0 heterocycles. The van der Waals surface area contributed by atoms with Crippen molar-refractivity contribution < 1.29 is 9.47 Å². The Kier molecular flexibility index (Phi) is 3.46. The number of halogens is 1. The van der Waals surface area contributed by atoms with Crippen LogP contribution in [0.25, 0.3) is 10.8 Å². The lowest BCUT2D eigenvalue weighted by atomic mass is 10.1. The van der Waals surface area contributed by atoms with Gasteiger partial charge in [-0.1, -0.05) is 34.1 Å². The summed E-state index contributed by atoms with van der Waals surface area (Å²) in [5.41, 5.74) is 1.11. The molecular formula is C13H13BrO2. The standard InChI is InChI=1S/C13H13BrO2/c1-9-3-4-10-5-6-11(14)7-12(10)13(9)16-8-15-2/h3-7H,8H2,1-2H3. The van der Waals surface area contributed by atoms with Gasteiger partial charge in [-0.25, -0.2) is 0 Å². The van der Waals surface area contributed by atoms with Crippen molar-refractivity contribution in [1.82, 2.24) is 0 Å². The third-order valence-electron chi connectivity index (χ3n) is 2.45. The molecule has 0 fully saturated rings. The second-order valence-electron chi connectivity index (χ2n) is 3.63. The minimum atomic E-state index is 0.270. The quantitative estimate of drug-likeness (QED) is 0.794. The highest BCUT2D eigenvalue weighted by molar-refractivity contribution is 9.10. The highest BCUT2D eigenvalue weighted by Gasteiger charge is 2.06. The monoisotopic (exact) mass is 280 g/mol. The van der Waals surface area contributed by atoms with E-state index in [4.69, 9.17) is 9.47 Å². The molecule has 3 heteroatoms. The Bertz CT molecular complexity index is 503. The van der Waals surface area contributed by atoms with E-state index in [-0.39, 0.29) is 6.79 Å². The molecule has 2 nitrogen and oxygen atoms in total. The maximum Gasteiger partial charge on any atom is 0.188 e. The first-order valence-corrected chi connectivity index (χ1v) is 5.82. The van der Waals surface area contributed by atoms with Crippen molar-refractivity contribution >= 4 is 26.7 Å². The maximum absolute atomic E-state index is 5.61. The highest BCUT2D eigenvalue weighted by atomic mass is 79.9. The average Bonchev–Trinajstić information content (AvgIpc) is 2.28. The van der Waals surface area contributed by atoms with Crippen molar-refractivity contribution in [1.29, 1.82) is 0 Å². The molecule has 0 aliphatic rings. The number of hydrogen-bond donors (Lipinski definition) is 0. The average molecular weight is 281 g/mol. The molecule has 2 aromatic rings. The third kappa shape index (κ3) is 2.20. The van der Waals surface area contributed by atoms with Crippen molar-refractivity contribution in [3.63, 3.8) is 0 Å². The SMILES string of the molecule is COCOc1c(C)ccc2ccc(Br)cc12. The van der Waals surface area contributed by atoms with Crippen molar-refractivity contribution in [3.05, 3.63) is 40.4 Å². The van der Waals surface area contributed by atoms with E-state index in [2.05, 4.69) is 40.2 Å². The van der Waals surface area contributed by atoms with Gasteiger partial charge in [-0.05, 0) is 30.0 Å². The van der Waals surface area contributed by atoms with Crippen molar-refractivity contribution in [2.75, 3.05) is 13.9 Å². The summed E-state index contributed by atoms with van der Waals surface area (Å²) in [4.78, 5) is 0. The Balaban J connectivity index is 2.58. The van der Waals surface area contributed by atoms with E-state index in [9.17, 15) is 0 Å². The van der Waals surface area contributed by atoms with Crippen LogP contribution in [0.1, 0.15) is 5.56 Å². The fourth-order valence-corrected chi connectivity index (χ4v) is 2.04. The molecule has 0 aliphatic carbocycles. The van der Waals surface area contributed by atoms with Gasteiger partial charge in [-0.3, -0.25) is 0 Å². The predicted octanol–water partition coefficient (Wildman–Crippen LogP) is 3.89. The summed E-state index contributed by atoms with van der Waals surface area (Å²) < 4.78 is 11.6. The normalized spacial score (nSPS) is 10.7. The van der Waals surface area contributed by atoms with Crippen molar-refractivity contribution in [3.8, 4) is 5.75 Å². The number of ether oxygens (including phenoxy) is 2. The summed E-state index contributed by atoms with van der Waals surface area (Å²) in [6, 6.07) is 10.3. The Morgan fingerprint density at radius 3 is 2.69 bits per heavy atom. The zero-order valence-electron chi connectivity index (χ0n) is 9.29. The number of methoxy groups -OCH3 is 1. The molecule has 16 heavy (non-hydrogen) atoms. The van der Waals surface area contributed by atoms with Gasteiger partial charge in [0, 0.05) is 17.0 Å². The molecular weight excluding hydrogens is 268 g/mol. The molecule has 0 spiro atoms. The van der Waals surface area contributed by atoms with E-state index < -0.39 is 0 Å². The van der Waals surface area contributed by atoms with E-state index in [1.807, 2.05) is 13.0 Å². The fourth-order valence-electron chi connectivity index (χ4n) is 1.68. The van der Waals surface area contributed by atoms with Crippen LogP contribution in [0.4, 0.5) is 0 Å². The lowest BCUT2D eigenvalue weighted by molar-refractivity contribution is 0.0517. The Hall–Kier alpha value is -1.06. The Morgan fingerprint density at radius 2 is 1.94 bits per heavy atom. The van der Waals surface area contributed by atoms with Gasteiger partial charge < -0.3 is 9.47 Å². The summed E-state index contributed by atoms with van der Waals surface area (Å²) in [5, 5.41) is 2.27. The minimum absolute atomic E-state index is 0.270. The zero-order chi connectivity index (χ0) is 11.5. The zero-order valence-corrected chi connectivity index (χ0v) is 10.9. The van der Waals surface area contributed by atoms with Crippen LogP contribution in [0.5, 0.6) is 5.75 Å². The number of hydrogen-bond acceptors (Lipinski definition) is 2. The van der Waals surface area contributed by atoms with Crippen LogP contribution in [0.3, 0.4) is 0 Å². The van der Waals surface area contributed by atoms with Crippen LogP contribution >= 0.6 is 15.9 Å². The van der Waals surface area contributed by atoms with Gasteiger partial charge in [0.15, 0.2) is 6.79 Å². The molecule has 0 radical (unpaired) electrons. The van der Waals surface area contributed by atoms with E-state index in [0.717, 1.165) is 21.2 Å². The van der Waals surface area contributed by atoms with E-state index in [1.165, 1.54) is 5.39 Å². The molecule has 0 atom stereocenters. The summed E-state index contributed by atoms with van der Waals surface area (Å²) in [6.45, 7) is 2.30. The lowest BCUT2D eigenvalue weighted by Gasteiger charge is -2.11. The topological polar surface area (TPSA) is 18.5 Å². The molecule has 0 amide bonds. The fraction of sp³-hybridized carbons (Fsp3) is 0.231. The Morgan fingerprint density at radius 1 is 1.19 bits per heavy atom. The number of benzene rings is 2. The van der Waals surface area contributed by atoms with Crippen LogP contribution in [-0.4, -0.2) is 13.9 Å². The van der Waals surface area contributed by atoms with Crippen LogP contribution in [0.2, 0.25) is 0 Å². The molecule has 0 saturated heterocycles. The predicted molar refractivity (Wildman–Crippen MR) is 68.9 cm³/mol. The van der Waals surface area contributed by atoms with Crippen LogP contribution in [0, 0.1) is 6.92 Å². The highest BCUT2D eigenvalue weighted by Crippen LogP contribution is 2.31. The van der Waals surface area contributed by atoms with Crippen LogP contribution in [0.15, 0.2) is 34.8 Å². The molecule has 0 unspecified atom stereocenters. The first-order chi connectivity index (χ1) is 7.72. The van der Waals surface area contributed by atoms with Crippen molar-refractivity contribution in [2.24, 2.45) is 0 Å². The van der Waals surface area contributed by atoms with Gasteiger partial charge in [0.2, 0.25) is 0 Å².